The van der Waals surface area contributed by atoms with Crippen LogP contribution in [0.5, 0.6) is 0 Å². The van der Waals surface area contributed by atoms with E-state index in [2.05, 4.69) is 0 Å². The third-order valence-corrected chi connectivity index (χ3v) is 3.43. The molecule has 1 aliphatic carbocycles. The minimum atomic E-state index is -0.627. The van der Waals surface area contributed by atoms with Crippen LogP contribution in [0.4, 0.5) is 0 Å². The van der Waals surface area contributed by atoms with Gasteiger partial charge >= 0.3 is 0 Å². The fourth-order valence-corrected chi connectivity index (χ4v) is 2.73. The van der Waals surface area contributed by atoms with Gasteiger partial charge in [0, 0.05) is 27.1 Å². The van der Waals surface area contributed by atoms with E-state index in [4.69, 9.17) is 18.9 Å². The van der Waals surface area contributed by atoms with Gasteiger partial charge in [0.15, 0.2) is 11.6 Å². The summed E-state index contributed by atoms with van der Waals surface area (Å²) >= 11 is 0. The molecule has 0 N–H and O–H groups in total. The van der Waals surface area contributed by atoms with E-state index in [0.717, 1.165) is 0 Å². The smallest absolute Gasteiger partial charge is 0.167 e. The molecule has 5 nitrogen and oxygen atoms in total. The van der Waals surface area contributed by atoms with Gasteiger partial charge in [-0.25, -0.2) is 0 Å². The van der Waals surface area contributed by atoms with Gasteiger partial charge in [-0.1, -0.05) is 0 Å². The van der Waals surface area contributed by atoms with E-state index in [0.29, 0.717) is 19.4 Å². The molecule has 1 aliphatic heterocycles. The lowest BCUT2D eigenvalue weighted by atomic mass is 9.81. The molecular formula is C12H20O5. The van der Waals surface area contributed by atoms with Crippen molar-refractivity contribution in [2.24, 2.45) is 0 Å². The average molecular weight is 244 g/mol. The second-order valence-electron chi connectivity index (χ2n) is 5.25. The molecule has 2 rings (SSSR count). The summed E-state index contributed by atoms with van der Waals surface area (Å²) in [5.74, 6) is -0.606. The molecule has 0 radical (unpaired) electrons. The van der Waals surface area contributed by atoms with Crippen LogP contribution >= 0.6 is 0 Å². The Kier molecular flexibility index (Phi) is 3.29. The van der Waals surface area contributed by atoms with E-state index in [-0.39, 0.29) is 11.9 Å². The Bertz CT molecular complexity index is 314. The number of hydrogen-bond acceptors (Lipinski definition) is 5. The molecule has 0 unspecified atom stereocenters. The lowest BCUT2D eigenvalue weighted by Gasteiger charge is -2.39. The van der Waals surface area contributed by atoms with E-state index in [9.17, 15) is 4.79 Å². The molecule has 2 fully saturated rings. The standard InChI is InChI=1S/C12H20O5/c1-11(2)16-7-12(17-11)5-8(13)10(15-4)9(6-12)14-3/h9-10H,5-7H2,1-4H3/t9-,10+,12-/m1/s1. The molecular weight excluding hydrogens is 224 g/mol. The maximum Gasteiger partial charge on any atom is 0.167 e. The summed E-state index contributed by atoms with van der Waals surface area (Å²) in [6.07, 6.45) is 0.197. The van der Waals surface area contributed by atoms with Gasteiger partial charge < -0.3 is 18.9 Å². The van der Waals surface area contributed by atoms with Gasteiger partial charge in [0.2, 0.25) is 0 Å². The van der Waals surface area contributed by atoms with Crippen LogP contribution in [0, 0.1) is 0 Å². The van der Waals surface area contributed by atoms with Gasteiger partial charge in [-0.2, -0.15) is 0 Å². The lowest BCUT2D eigenvalue weighted by molar-refractivity contribution is -0.189. The fourth-order valence-electron chi connectivity index (χ4n) is 2.73. The first-order valence-corrected chi connectivity index (χ1v) is 5.84. The van der Waals surface area contributed by atoms with Crippen LogP contribution < -0.4 is 0 Å². The Morgan fingerprint density at radius 2 is 2.00 bits per heavy atom. The van der Waals surface area contributed by atoms with Crippen LogP contribution in [0.3, 0.4) is 0 Å². The summed E-state index contributed by atoms with van der Waals surface area (Å²) in [4.78, 5) is 12.0. The number of Topliss-reactive ketones (excluding diaryl/α,β-unsaturated/α-hetero) is 1. The highest BCUT2D eigenvalue weighted by molar-refractivity contribution is 5.85. The van der Waals surface area contributed by atoms with E-state index < -0.39 is 17.5 Å². The molecule has 3 atom stereocenters. The normalized spacial score (nSPS) is 41.1. The number of hydrogen-bond donors (Lipinski definition) is 0. The highest BCUT2D eigenvalue weighted by atomic mass is 16.8. The van der Waals surface area contributed by atoms with E-state index in [1.54, 1.807) is 7.11 Å². The minimum absolute atomic E-state index is 0.0203. The van der Waals surface area contributed by atoms with E-state index in [1.807, 2.05) is 13.8 Å². The van der Waals surface area contributed by atoms with Crippen molar-refractivity contribution < 1.29 is 23.7 Å². The Morgan fingerprint density at radius 3 is 2.47 bits per heavy atom. The van der Waals surface area contributed by atoms with Crippen molar-refractivity contribution in [2.45, 2.75) is 50.3 Å². The number of carbonyl (C=O) groups excluding carboxylic acids is 1. The predicted molar refractivity (Wildman–Crippen MR) is 59.7 cm³/mol. The summed E-state index contributed by atoms with van der Waals surface area (Å²) in [5.41, 5.74) is -0.545. The number of ketones is 1. The Balaban J connectivity index is 2.16. The third-order valence-electron chi connectivity index (χ3n) is 3.43. The highest BCUT2D eigenvalue weighted by Gasteiger charge is 2.53. The maximum absolute atomic E-state index is 12.0. The molecule has 2 aliphatic rings. The van der Waals surface area contributed by atoms with Crippen LogP contribution in [0.1, 0.15) is 26.7 Å². The van der Waals surface area contributed by atoms with Crippen LogP contribution in [-0.4, -0.2) is 50.2 Å². The highest BCUT2D eigenvalue weighted by Crippen LogP contribution is 2.41. The number of ether oxygens (including phenoxy) is 4. The molecule has 0 aromatic heterocycles. The zero-order valence-corrected chi connectivity index (χ0v) is 10.8. The van der Waals surface area contributed by atoms with Crippen molar-refractivity contribution in [3.8, 4) is 0 Å². The Hall–Kier alpha value is -0.490. The summed E-state index contributed by atoms with van der Waals surface area (Å²) in [5, 5.41) is 0. The molecule has 1 saturated carbocycles. The molecule has 0 amide bonds. The molecule has 1 saturated heterocycles. The molecule has 0 aromatic rings. The summed E-state index contributed by atoms with van der Waals surface area (Å²) < 4.78 is 22.0. The van der Waals surface area contributed by atoms with Crippen molar-refractivity contribution in [3.05, 3.63) is 0 Å². The first kappa shape index (κ1) is 13.0. The molecule has 17 heavy (non-hydrogen) atoms. The van der Waals surface area contributed by atoms with Crippen molar-refractivity contribution in [3.63, 3.8) is 0 Å². The van der Waals surface area contributed by atoms with Gasteiger partial charge in [0.05, 0.1) is 12.7 Å². The Labute approximate surface area is 101 Å². The summed E-state index contributed by atoms with van der Waals surface area (Å²) in [7, 11) is 3.12. The fraction of sp³-hybridized carbons (Fsp3) is 0.917. The van der Waals surface area contributed by atoms with Crippen LogP contribution in [-0.2, 0) is 23.7 Å². The minimum Gasteiger partial charge on any atom is -0.378 e. The van der Waals surface area contributed by atoms with Crippen molar-refractivity contribution in [1.82, 2.24) is 0 Å². The first-order chi connectivity index (χ1) is 7.91. The largest absolute Gasteiger partial charge is 0.378 e. The topological polar surface area (TPSA) is 54.0 Å². The molecule has 0 bridgehead atoms. The van der Waals surface area contributed by atoms with Gasteiger partial charge in [-0.3, -0.25) is 4.79 Å². The number of methoxy groups -OCH3 is 2. The molecule has 1 spiro atoms. The van der Waals surface area contributed by atoms with Crippen molar-refractivity contribution >= 4 is 5.78 Å². The first-order valence-electron chi connectivity index (χ1n) is 5.84. The number of rotatable bonds is 2. The Morgan fingerprint density at radius 1 is 1.29 bits per heavy atom. The summed E-state index contributed by atoms with van der Waals surface area (Å²) in [6.45, 7) is 4.15. The maximum atomic E-state index is 12.0. The zero-order valence-electron chi connectivity index (χ0n) is 10.8. The molecule has 1 heterocycles. The van der Waals surface area contributed by atoms with E-state index >= 15 is 0 Å². The van der Waals surface area contributed by atoms with Crippen LogP contribution in [0.25, 0.3) is 0 Å². The van der Waals surface area contributed by atoms with E-state index in [1.165, 1.54) is 7.11 Å². The third kappa shape index (κ3) is 2.38. The average Bonchev–Trinajstić information content (AvgIpc) is 2.53. The van der Waals surface area contributed by atoms with Crippen LogP contribution in [0.15, 0.2) is 0 Å². The lowest BCUT2D eigenvalue weighted by Crippen LogP contribution is -2.53. The van der Waals surface area contributed by atoms with Gasteiger partial charge in [0.25, 0.3) is 0 Å². The monoisotopic (exact) mass is 244 g/mol. The van der Waals surface area contributed by atoms with Gasteiger partial charge in [-0.05, 0) is 13.8 Å². The number of carbonyl (C=O) groups is 1. The second kappa shape index (κ2) is 4.31. The zero-order chi connectivity index (χ0) is 12.7. The van der Waals surface area contributed by atoms with Crippen molar-refractivity contribution in [1.29, 1.82) is 0 Å². The second-order valence-corrected chi connectivity index (χ2v) is 5.25. The molecule has 0 aromatic carbocycles. The quantitative estimate of drug-likeness (QED) is 0.722. The molecule has 98 valence electrons. The van der Waals surface area contributed by atoms with Gasteiger partial charge in [0.1, 0.15) is 11.7 Å². The van der Waals surface area contributed by atoms with Crippen molar-refractivity contribution in [2.75, 3.05) is 20.8 Å². The predicted octanol–water partition coefficient (Wildman–Crippen LogP) is 0.901. The SMILES string of the molecule is CO[C@@H]1C[C@@]2(COC(C)(C)O2)CC(=O)[C@@H]1OC. The molecule has 5 heteroatoms. The van der Waals surface area contributed by atoms with Crippen LogP contribution in [0.2, 0.25) is 0 Å². The van der Waals surface area contributed by atoms with Gasteiger partial charge in [-0.15, -0.1) is 0 Å². The summed E-state index contributed by atoms with van der Waals surface area (Å²) in [6, 6.07) is 0.